The number of nitrogens with zero attached hydrogens (tertiary/aromatic N) is 1. The number of allylic oxidation sites excluding steroid dienone is 1. The van der Waals surface area contributed by atoms with E-state index in [2.05, 4.69) is 55.5 Å². The van der Waals surface area contributed by atoms with Crippen molar-refractivity contribution >= 4 is 17.8 Å². The highest BCUT2D eigenvalue weighted by Gasteiger charge is 2.18. The minimum atomic E-state index is 0.823. The van der Waals surface area contributed by atoms with Crippen molar-refractivity contribution in [3.05, 3.63) is 58.7 Å². The Morgan fingerprint density at radius 2 is 1.95 bits per heavy atom. The third kappa shape index (κ3) is 2.50. The summed E-state index contributed by atoms with van der Waals surface area (Å²) in [4.78, 5) is 1.07. The molecule has 0 radical (unpaired) electrons. The van der Waals surface area contributed by atoms with E-state index >= 15 is 0 Å². The first kappa shape index (κ1) is 14.0. The lowest BCUT2D eigenvalue weighted by molar-refractivity contribution is 0.981. The van der Waals surface area contributed by atoms with Crippen LogP contribution in [0.2, 0.25) is 0 Å². The Balaban J connectivity index is 2.28. The van der Waals surface area contributed by atoms with Crippen molar-refractivity contribution in [2.75, 3.05) is 6.26 Å². The van der Waals surface area contributed by atoms with Gasteiger partial charge in [-0.05, 0) is 54.3 Å². The Morgan fingerprint density at radius 1 is 1.19 bits per heavy atom. The lowest BCUT2D eigenvalue weighted by Gasteiger charge is -2.19. The van der Waals surface area contributed by atoms with Gasteiger partial charge in [-0.1, -0.05) is 42.0 Å². The fourth-order valence-electron chi connectivity index (χ4n) is 2.87. The van der Waals surface area contributed by atoms with E-state index in [1.54, 1.807) is 11.8 Å². The summed E-state index contributed by atoms with van der Waals surface area (Å²) in [6.07, 6.45) is 8.39. The van der Waals surface area contributed by atoms with Gasteiger partial charge >= 0.3 is 0 Å². The number of hydrogen-bond acceptors (Lipinski definition) is 2. The molecule has 0 atom stereocenters. The molecule has 104 valence electrons. The lowest BCUT2D eigenvalue weighted by atomic mass is 9.86. The van der Waals surface area contributed by atoms with E-state index in [1.807, 2.05) is 6.26 Å². The first-order valence-electron chi connectivity index (χ1n) is 7.12. The minimum Gasteiger partial charge on any atom is -0.192 e. The van der Waals surface area contributed by atoms with Gasteiger partial charge in [-0.25, -0.2) is 0 Å². The highest BCUT2D eigenvalue weighted by atomic mass is 32.2. The smallest absolute Gasteiger partial charge is 0.101 e. The molecule has 2 heteroatoms. The van der Waals surface area contributed by atoms with Crippen molar-refractivity contribution in [3.63, 3.8) is 0 Å². The maximum absolute atomic E-state index is 9.51. The molecule has 0 saturated carbocycles. The number of thioether (sulfide) groups is 1. The van der Waals surface area contributed by atoms with Crippen LogP contribution in [0, 0.1) is 18.3 Å². The van der Waals surface area contributed by atoms with Gasteiger partial charge in [-0.3, -0.25) is 0 Å². The number of fused-ring (bicyclic) bond motifs is 1. The summed E-state index contributed by atoms with van der Waals surface area (Å²) < 4.78 is 0. The number of aryl methyl sites for hydroxylation is 1. The van der Waals surface area contributed by atoms with Gasteiger partial charge in [-0.2, -0.15) is 5.26 Å². The highest BCUT2D eigenvalue weighted by molar-refractivity contribution is 7.98. The van der Waals surface area contributed by atoms with Gasteiger partial charge in [-0.15, -0.1) is 11.8 Å². The quantitative estimate of drug-likeness (QED) is 0.709. The van der Waals surface area contributed by atoms with Crippen molar-refractivity contribution in [2.24, 2.45) is 0 Å². The van der Waals surface area contributed by atoms with E-state index in [9.17, 15) is 5.26 Å². The third-order valence-corrected chi connectivity index (χ3v) is 4.74. The molecule has 2 aromatic carbocycles. The molecule has 1 nitrogen and oxygen atoms in total. The number of benzene rings is 2. The summed E-state index contributed by atoms with van der Waals surface area (Å²) >= 11 is 1.65. The van der Waals surface area contributed by atoms with Crippen LogP contribution in [-0.2, 0) is 6.42 Å². The Bertz CT molecular complexity index is 749. The first-order valence-corrected chi connectivity index (χ1v) is 8.34. The van der Waals surface area contributed by atoms with Gasteiger partial charge in [0.15, 0.2) is 0 Å². The zero-order valence-electron chi connectivity index (χ0n) is 12.3. The summed E-state index contributed by atoms with van der Waals surface area (Å²) in [7, 11) is 0. The molecule has 0 N–H and O–H groups in total. The second-order valence-corrected chi connectivity index (χ2v) is 6.16. The summed E-state index contributed by atoms with van der Waals surface area (Å²) in [6.45, 7) is 2.11. The number of hydrogen-bond donors (Lipinski definition) is 0. The predicted molar refractivity (Wildman–Crippen MR) is 90.5 cm³/mol. The van der Waals surface area contributed by atoms with Gasteiger partial charge in [0, 0.05) is 4.90 Å². The van der Waals surface area contributed by atoms with Crippen molar-refractivity contribution < 1.29 is 0 Å². The Hall–Kier alpha value is -1.98. The van der Waals surface area contributed by atoms with Crippen LogP contribution in [0.15, 0.2) is 41.3 Å². The van der Waals surface area contributed by atoms with Crippen LogP contribution < -0.4 is 0 Å². The van der Waals surface area contributed by atoms with Gasteiger partial charge in [0.05, 0.1) is 5.56 Å². The minimum absolute atomic E-state index is 0.823. The van der Waals surface area contributed by atoms with E-state index in [-0.39, 0.29) is 0 Å². The maximum atomic E-state index is 9.51. The highest BCUT2D eigenvalue weighted by Crippen LogP contribution is 2.37. The Morgan fingerprint density at radius 3 is 2.62 bits per heavy atom. The van der Waals surface area contributed by atoms with Crippen LogP contribution in [0.1, 0.15) is 28.7 Å². The molecule has 21 heavy (non-hydrogen) atoms. The van der Waals surface area contributed by atoms with Gasteiger partial charge in [0.2, 0.25) is 0 Å². The molecule has 0 aliphatic heterocycles. The Kier molecular flexibility index (Phi) is 3.86. The first-order chi connectivity index (χ1) is 10.2. The molecular formula is C19H17NS. The van der Waals surface area contributed by atoms with Crippen molar-refractivity contribution in [2.45, 2.75) is 24.7 Å². The van der Waals surface area contributed by atoms with Crippen LogP contribution in [0.25, 0.3) is 17.2 Å². The molecule has 2 aromatic rings. The molecule has 0 unspecified atom stereocenters. The fraction of sp³-hybridized carbons (Fsp3) is 0.211. The topological polar surface area (TPSA) is 23.8 Å². The number of rotatable bonds is 2. The van der Waals surface area contributed by atoms with Crippen LogP contribution >= 0.6 is 11.8 Å². The SMILES string of the molecule is CSc1cc(-c2ccc(C)cc2)c2c(c1C#N)C=CCC2. The average molecular weight is 291 g/mol. The molecule has 0 aromatic heterocycles. The molecule has 0 heterocycles. The Labute approximate surface area is 130 Å². The number of nitriles is 1. The van der Waals surface area contributed by atoms with E-state index in [4.69, 9.17) is 0 Å². The van der Waals surface area contributed by atoms with E-state index in [1.165, 1.54) is 22.3 Å². The molecule has 0 saturated heterocycles. The molecule has 0 bridgehead atoms. The maximum Gasteiger partial charge on any atom is 0.101 e. The second kappa shape index (κ2) is 5.79. The zero-order valence-corrected chi connectivity index (χ0v) is 13.1. The zero-order chi connectivity index (χ0) is 14.8. The normalized spacial score (nSPS) is 12.8. The van der Waals surface area contributed by atoms with Gasteiger partial charge in [0.1, 0.15) is 6.07 Å². The van der Waals surface area contributed by atoms with Crippen LogP contribution in [-0.4, -0.2) is 6.26 Å². The monoisotopic (exact) mass is 291 g/mol. The molecule has 0 amide bonds. The molecule has 1 aliphatic rings. The van der Waals surface area contributed by atoms with Crippen molar-refractivity contribution in [1.82, 2.24) is 0 Å². The second-order valence-electron chi connectivity index (χ2n) is 5.31. The molecule has 1 aliphatic carbocycles. The molecule has 3 rings (SSSR count). The lowest BCUT2D eigenvalue weighted by Crippen LogP contribution is -2.02. The van der Waals surface area contributed by atoms with Crippen molar-refractivity contribution in [3.8, 4) is 17.2 Å². The molecular weight excluding hydrogens is 274 g/mol. The van der Waals surface area contributed by atoms with E-state index in [0.717, 1.165) is 28.9 Å². The summed E-state index contributed by atoms with van der Waals surface area (Å²) in [6, 6.07) is 13.2. The average Bonchev–Trinajstić information content (AvgIpc) is 2.54. The van der Waals surface area contributed by atoms with E-state index < -0.39 is 0 Å². The summed E-state index contributed by atoms with van der Waals surface area (Å²) in [5.41, 5.74) is 7.04. The van der Waals surface area contributed by atoms with Crippen molar-refractivity contribution in [1.29, 1.82) is 5.26 Å². The molecule has 0 spiro atoms. The largest absolute Gasteiger partial charge is 0.192 e. The summed E-state index contributed by atoms with van der Waals surface area (Å²) in [5.74, 6) is 0. The van der Waals surface area contributed by atoms with Crippen LogP contribution in [0.3, 0.4) is 0 Å². The van der Waals surface area contributed by atoms with E-state index in [0.29, 0.717) is 0 Å². The molecule has 0 fully saturated rings. The standard InChI is InChI=1S/C19H17NS/c1-13-7-9-14(10-8-13)17-11-19(21-2)18(12-20)16-6-4-3-5-15(16)17/h4,6-11H,3,5H2,1-2H3. The fourth-order valence-corrected chi connectivity index (χ4v) is 3.46. The van der Waals surface area contributed by atoms with Gasteiger partial charge in [0.25, 0.3) is 0 Å². The van der Waals surface area contributed by atoms with Crippen LogP contribution in [0.4, 0.5) is 0 Å². The van der Waals surface area contributed by atoms with Crippen LogP contribution in [0.5, 0.6) is 0 Å². The third-order valence-electron chi connectivity index (χ3n) is 3.98. The summed E-state index contributed by atoms with van der Waals surface area (Å²) in [5, 5.41) is 9.51. The predicted octanol–water partition coefficient (Wildman–Crippen LogP) is 5.22. The van der Waals surface area contributed by atoms with Gasteiger partial charge < -0.3 is 0 Å².